The summed E-state index contributed by atoms with van der Waals surface area (Å²) in [6.45, 7) is 0.738. The van der Waals surface area contributed by atoms with E-state index in [9.17, 15) is 13.2 Å². The molecule has 9 nitrogen and oxygen atoms in total. The minimum absolute atomic E-state index is 0.00397. The quantitative estimate of drug-likeness (QED) is 0.363. The van der Waals surface area contributed by atoms with E-state index < -0.39 is 10.0 Å². The lowest BCUT2D eigenvalue weighted by Crippen LogP contribution is -2.19. The van der Waals surface area contributed by atoms with Crippen molar-refractivity contribution < 1.29 is 13.2 Å². The first-order valence-electron chi connectivity index (χ1n) is 10.1. The van der Waals surface area contributed by atoms with Crippen LogP contribution in [0, 0.1) is 0 Å². The molecule has 0 amide bonds. The standard InChI is InChI=1S/C22H22ClN5O4S/c1-33(30,31)26-22-24-9-5-17(25-22)15-32-19-3-4-20-16(13-19)6-12-28(20)18-7-11-27(10-2-8-23)21(29)14-18/h3-7,9,11-14H,2,8,10,15H2,1H3,(H,24,25,26). The molecule has 1 N–H and O–H groups in total. The number of alkyl halides is 1. The van der Waals surface area contributed by atoms with Crippen molar-refractivity contribution in [3.05, 3.63) is 77.1 Å². The Morgan fingerprint density at radius 3 is 2.73 bits per heavy atom. The molecule has 0 aliphatic carbocycles. The van der Waals surface area contributed by atoms with Crippen molar-refractivity contribution in [2.24, 2.45) is 0 Å². The number of pyridine rings is 1. The number of nitrogens with zero attached hydrogens (tertiary/aromatic N) is 4. The van der Waals surface area contributed by atoms with Gasteiger partial charge >= 0.3 is 0 Å². The highest BCUT2D eigenvalue weighted by molar-refractivity contribution is 7.91. The number of rotatable bonds is 9. The number of nitrogens with one attached hydrogen (secondary N) is 1. The lowest BCUT2D eigenvalue weighted by atomic mass is 10.2. The predicted octanol–water partition coefficient (Wildman–Crippen LogP) is 3.16. The Hall–Kier alpha value is -3.37. The molecule has 0 atom stereocenters. The largest absolute Gasteiger partial charge is 0.487 e. The molecule has 0 fully saturated rings. The Morgan fingerprint density at radius 2 is 1.97 bits per heavy atom. The average molecular weight is 488 g/mol. The van der Waals surface area contributed by atoms with Gasteiger partial charge in [-0.05, 0) is 42.8 Å². The summed E-state index contributed by atoms with van der Waals surface area (Å²) in [4.78, 5) is 20.4. The van der Waals surface area contributed by atoms with E-state index in [0.717, 1.165) is 29.3 Å². The van der Waals surface area contributed by atoms with E-state index in [1.54, 1.807) is 22.9 Å². The number of fused-ring (bicyclic) bond motifs is 1. The number of anilines is 1. The van der Waals surface area contributed by atoms with Gasteiger partial charge in [-0.15, -0.1) is 11.6 Å². The van der Waals surface area contributed by atoms with E-state index in [1.165, 1.54) is 6.20 Å². The van der Waals surface area contributed by atoms with Crippen LogP contribution in [0.3, 0.4) is 0 Å². The van der Waals surface area contributed by atoms with Gasteiger partial charge in [0.15, 0.2) is 0 Å². The summed E-state index contributed by atoms with van der Waals surface area (Å²) in [5.41, 5.74) is 2.16. The summed E-state index contributed by atoms with van der Waals surface area (Å²) < 4.78 is 34.4. The number of hydrogen-bond acceptors (Lipinski definition) is 6. The van der Waals surface area contributed by atoms with Crippen LogP contribution in [0.25, 0.3) is 16.6 Å². The third-order valence-electron chi connectivity index (χ3n) is 4.83. The van der Waals surface area contributed by atoms with E-state index in [4.69, 9.17) is 16.3 Å². The predicted molar refractivity (Wildman–Crippen MR) is 128 cm³/mol. The van der Waals surface area contributed by atoms with Crippen molar-refractivity contribution in [1.82, 2.24) is 19.1 Å². The smallest absolute Gasteiger partial charge is 0.252 e. The summed E-state index contributed by atoms with van der Waals surface area (Å²) in [5, 5.41) is 0.945. The molecule has 0 spiro atoms. The van der Waals surface area contributed by atoms with Crippen LogP contribution in [0.4, 0.5) is 5.95 Å². The summed E-state index contributed by atoms with van der Waals surface area (Å²) in [5.74, 6) is 1.14. The average Bonchev–Trinajstić information content (AvgIpc) is 3.19. The Bertz CT molecular complexity index is 1450. The van der Waals surface area contributed by atoms with Crippen molar-refractivity contribution in [2.75, 3.05) is 16.9 Å². The fourth-order valence-corrected chi connectivity index (χ4v) is 3.90. The normalized spacial score (nSPS) is 11.6. The third-order valence-corrected chi connectivity index (χ3v) is 5.65. The molecule has 0 unspecified atom stereocenters. The van der Waals surface area contributed by atoms with Gasteiger partial charge < -0.3 is 13.9 Å². The highest BCUT2D eigenvalue weighted by atomic mass is 35.5. The zero-order chi connectivity index (χ0) is 23.4. The van der Waals surface area contributed by atoms with Crippen LogP contribution < -0.4 is 15.0 Å². The van der Waals surface area contributed by atoms with E-state index in [2.05, 4.69) is 14.7 Å². The van der Waals surface area contributed by atoms with Crippen LogP contribution in [0.1, 0.15) is 12.1 Å². The monoisotopic (exact) mass is 487 g/mol. The second-order valence-electron chi connectivity index (χ2n) is 7.40. The Balaban J connectivity index is 1.50. The number of aryl methyl sites for hydroxylation is 1. The fraction of sp³-hybridized carbons (Fsp3) is 0.227. The van der Waals surface area contributed by atoms with Crippen molar-refractivity contribution in [1.29, 1.82) is 0 Å². The zero-order valence-electron chi connectivity index (χ0n) is 17.8. The molecule has 11 heteroatoms. The van der Waals surface area contributed by atoms with Gasteiger partial charge in [-0.2, -0.15) is 0 Å². The molecule has 0 bridgehead atoms. The molecule has 0 aliphatic heterocycles. The first-order chi connectivity index (χ1) is 15.8. The fourth-order valence-electron chi connectivity index (χ4n) is 3.35. The van der Waals surface area contributed by atoms with Gasteiger partial charge in [0.05, 0.1) is 23.2 Å². The van der Waals surface area contributed by atoms with Crippen LogP contribution in [-0.2, 0) is 23.2 Å². The molecule has 0 saturated carbocycles. The second kappa shape index (κ2) is 9.63. The summed E-state index contributed by atoms with van der Waals surface area (Å²) in [6, 6.07) is 12.7. The third kappa shape index (κ3) is 5.71. The van der Waals surface area contributed by atoms with Crippen molar-refractivity contribution in [3.8, 4) is 11.4 Å². The van der Waals surface area contributed by atoms with Crippen molar-refractivity contribution >= 4 is 38.5 Å². The van der Waals surface area contributed by atoms with Gasteiger partial charge in [0.1, 0.15) is 12.4 Å². The van der Waals surface area contributed by atoms with Gasteiger partial charge in [-0.1, -0.05) is 0 Å². The van der Waals surface area contributed by atoms with Crippen LogP contribution in [0.15, 0.2) is 65.8 Å². The molecule has 0 saturated heterocycles. The van der Waals surface area contributed by atoms with E-state index in [0.29, 0.717) is 23.9 Å². The SMILES string of the molecule is CS(=O)(=O)Nc1nccc(COc2ccc3c(ccn3-c3ccn(CCCCl)c(=O)c3)c2)n1. The maximum absolute atomic E-state index is 12.4. The summed E-state index contributed by atoms with van der Waals surface area (Å²) in [6.07, 6.45) is 6.92. The van der Waals surface area contributed by atoms with Crippen LogP contribution in [-0.4, -0.2) is 39.7 Å². The van der Waals surface area contributed by atoms with Crippen LogP contribution in [0.5, 0.6) is 5.75 Å². The maximum Gasteiger partial charge on any atom is 0.252 e. The minimum Gasteiger partial charge on any atom is -0.487 e. The zero-order valence-corrected chi connectivity index (χ0v) is 19.4. The first-order valence-corrected chi connectivity index (χ1v) is 12.6. The van der Waals surface area contributed by atoms with E-state index in [-0.39, 0.29) is 18.1 Å². The lowest BCUT2D eigenvalue weighted by Gasteiger charge is -2.10. The number of hydrogen-bond donors (Lipinski definition) is 1. The number of sulfonamides is 1. The highest BCUT2D eigenvalue weighted by Crippen LogP contribution is 2.25. The number of aromatic nitrogens is 4. The Morgan fingerprint density at radius 1 is 1.12 bits per heavy atom. The summed E-state index contributed by atoms with van der Waals surface area (Å²) in [7, 11) is -3.46. The molecule has 33 heavy (non-hydrogen) atoms. The van der Waals surface area contributed by atoms with Crippen molar-refractivity contribution in [2.45, 2.75) is 19.6 Å². The number of halogens is 1. The molecule has 0 aliphatic rings. The van der Waals surface area contributed by atoms with Gasteiger partial charge in [-0.25, -0.2) is 18.4 Å². The maximum atomic E-state index is 12.4. The molecule has 0 radical (unpaired) electrons. The molecule has 4 rings (SSSR count). The summed E-state index contributed by atoms with van der Waals surface area (Å²) >= 11 is 5.72. The topological polar surface area (TPSA) is 108 Å². The molecular formula is C22H22ClN5O4S. The van der Waals surface area contributed by atoms with Crippen LogP contribution >= 0.6 is 11.6 Å². The molecule has 3 heterocycles. The van der Waals surface area contributed by atoms with Gasteiger partial charge in [-0.3, -0.25) is 9.52 Å². The van der Waals surface area contributed by atoms with Crippen LogP contribution in [0.2, 0.25) is 0 Å². The van der Waals surface area contributed by atoms with Crippen molar-refractivity contribution in [3.63, 3.8) is 0 Å². The molecule has 1 aromatic carbocycles. The molecule has 172 valence electrons. The minimum atomic E-state index is -3.46. The number of benzene rings is 1. The lowest BCUT2D eigenvalue weighted by molar-refractivity contribution is 0.301. The first kappa shape index (κ1) is 22.8. The number of ether oxygens (including phenoxy) is 1. The van der Waals surface area contributed by atoms with Gasteiger partial charge in [0, 0.05) is 42.5 Å². The second-order valence-corrected chi connectivity index (χ2v) is 9.53. The van der Waals surface area contributed by atoms with Gasteiger partial charge in [0.25, 0.3) is 5.56 Å². The van der Waals surface area contributed by atoms with Gasteiger partial charge in [0.2, 0.25) is 16.0 Å². The Kier molecular flexibility index (Phi) is 6.66. The highest BCUT2D eigenvalue weighted by Gasteiger charge is 2.09. The van der Waals surface area contributed by atoms with E-state index in [1.807, 2.05) is 41.1 Å². The van der Waals surface area contributed by atoms with E-state index >= 15 is 0 Å². The molecular weight excluding hydrogens is 466 g/mol. The molecule has 3 aromatic heterocycles. The molecule has 4 aromatic rings. The Labute approximate surface area is 195 Å².